The summed E-state index contributed by atoms with van der Waals surface area (Å²) < 4.78 is 0. The second kappa shape index (κ2) is 3.56. The minimum Gasteiger partial charge on any atom is -0.390 e. The van der Waals surface area contributed by atoms with E-state index < -0.39 is 0 Å². The number of nitrogens with zero attached hydrogens (tertiary/aromatic N) is 1. The van der Waals surface area contributed by atoms with Gasteiger partial charge in [0.1, 0.15) is 0 Å². The molecule has 0 spiro atoms. The summed E-state index contributed by atoms with van der Waals surface area (Å²) >= 11 is 0. The molecule has 0 radical (unpaired) electrons. The maximum absolute atomic E-state index is 9.68. The minimum absolute atomic E-state index is 0.277. The Kier molecular flexibility index (Phi) is 2.58. The van der Waals surface area contributed by atoms with Crippen LogP contribution in [0.25, 0.3) is 0 Å². The summed E-state index contributed by atoms with van der Waals surface area (Å²) in [6.07, 6.45) is 4.25. The van der Waals surface area contributed by atoms with Crippen molar-refractivity contribution in [3.63, 3.8) is 0 Å². The fourth-order valence-electron chi connectivity index (χ4n) is 1.98. The first-order valence-corrected chi connectivity index (χ1v) is 5.33. The first-order chi connectivity index (χ1) is 6.20. The van der Waals surface area contributed by atoms with Crippen LogP contribution in [0.1, 0.15) is 25.7 Å². The number of aliphatic hydroxyl groups is 1. The Morgan fingerprint density at radius 2 is 2.31 bits per heavy atom. The van der Waals surface area contributed by atoms with Crippen LogP contribution in [-0.2, 0) is 0 Å². The van der Waals surface area contributed by atoms with Crippen molar-refractivity contribution in [3.8, 4) is 0 Å². The van der Waals surface area contributed by atoms with Gasteiger partial charge in [-0.05, 0) is 39.3 Å². The van der Waals surface area contributed by atoms with E-state index in [1.54, 1.807) is 0 Å². The maximum Gasteiger partial charge on any atom is 0.0662 e. The van der Waals surface area contributed by atoms with E-state index in [-0.39, 0.29) is 5.60 Å². The lowest BCUT2D eigenvalue weighted by molar-refractivity contribution is 0.117. The normalized spacial score (nSPS) is 31.2. The van der Waals surface area contributed by atoms with Crippen molar-refractivity contribution in [2.75, 3.05) is 26.7 Å². The lowest BCUT2D eigenvalue weighted by atomic mass is 10.2. The first-order valence-electron chi connectivity index (χ1n) is 5.33. The Balaban J connectivity index is 1.68. The molecule has 0 aromatic rings. The molecule has 1 saturated carbocycles. The van der Waals surface area contributed by atoms with Crippen molar-refractivity contribution in [2.45, 2.75) is 37.3 Å². The molecule has 1 atom stereocenters. The third kappa shape index (κ3) is 2.42. The van der Waals surface area contributed by atoms with E-state index >= 15 is 0 Å². The Morgan fingerprint density at radius 3 is 2.85 bits per heavy atom. The van der Waals surface area contributed by atoms with Crippen molar-refractivity contribution < 1.29 is 5.11 Å². The maximum atomic E-state index is 9.68. The molecule has 0 aromatic carbocycles. The van der Waals surface area contributed by atoms with Gasteiger partial charge in [0.25, 0.3) is 0 Å². The van der Waals surface area contributed by atoms with Gasteiger partial charge in [-0.25, -0.2) is 0 Å². The van der Waals surface area contributed by atoms with Gasteiger partial charge < -0.3 is 15.3 Å². The van der Waals surface area contributed by atoms with Crippen LogP contribution in [0.2, 0.25) is 0 Å². The van der Waals surface area contributed by atoms with Gasteiger partial charge in [-0.3, -0.25) is 0 Å². The summed E-state index contributed by atoms with van der Waals surface area (Å²) in [7, 11) is 2.17. The van der Waals surface area contributed by atoms with Gasteiger partial charge in [0.15, 0.2) is 0 Å². The van der Waals surface area contributed by atoms with Crippen molar-refractivity contribution in [1.82, 2.24) is 10.2 Å². The predicted octanol–water partition coefficient (Wildman–Crippen LogP) is 0.195. The molecule has 3 nitrogen and oxygen atoms in total. The highest BCUT2D eigenvalue weighted by Gasteiger charge is 2.40. The molecule has 0 aromatic heterocycles. The van der Waals surface area contributed by atoms with E-state index in [0.29, 0.717) is 6.04 Å². The van der Waals surface area contributed by atoms with Gasteiger partial charge in [0.2, 0.25) is 0 Å². The Bertz CT molecular complexity index is 174. The number of rotatable bonds is 4. The van der Waals surface area contributed by atoms with E-state index in [2.05, 4.69) is 17.3 Å². The van der Waals surface area contributed by atoms with Gasteiger partial charge in [-0.1, -0.05) is 0 Å². The first kappa shape index (κ1) is 9.44. The molecule has 2 rings (SSSR count). The van der Waals surface area contributed by atoms with Gasteiger partial charge in [-0.2, -0.15) is 0 Å². The Morgan fingerprint density at radius 1 is 1.54 bits per heavy atom. The highest BCUT2D eigenvalue weighted by atomic mass is 16.3. The highest BCUT2D eigenvalue weighted by Crippen LogP contribution is 2.38. The van der Waals surface area contributed by atoms with E-state index in [1.165, 1.54) is 6.42 Å². The molecule has 2 N–H and O–H groups in total. The largest absolute Gasteiger partial charge is 0.390 e. The summed E-state index contributed by atoms with van der Waals surface area (Å²) in [6.45, 7) is 3.32. The molecule has 1 unspecified atom stereocenters. The summed E-state index contributed by atoms with van der Waals surface area (Å²) in [5.74, 6) is 0. The van der Waals surface area contributed by atoms with Gasteiger partial charge in [-0.15, -0.1) is 0 Å². The third-order valence-electron chi connectivity index (χ3n) is 3.41. The molecule has 13 heavy (non-hydrogen) atoms. The van der Waals surface area contributed by atoms with Crippen LogP contribution in [0, 0.1) is 0 Å². The molecule has 2 fully saturated rings. The van der Waals surface area contributed by atoms with Crippen LogP contribution in [0.4, 0.5) is 0 Å². The van der Waals surface area contributed by atoms with Crippen LogP contribution in [-0.4, -0.2) is 48.3 Å². The molecular weight excluding hydrogens is 164 g/mol. The van der Waals surface area contributed by atoms with Crippen LogP contribution < -0.4 is 5.32 Å². The van der Waals surface area contributed by atoms with Crippen molar-refractivity contribution in [2.24, 2.45) is 0 Å². The number of hydrogen-bond acceptors (Lipinski definition) is 3. The highest BCUT2D eigenvalue weighted by molar-refractivity contribution is 4.94. The van der Waals surface area contributed by atoms with Gasteiger partial charge in [0.05, 0.1) is 5.60 Å². The predicted molar refractivity (Wildman–Crippen MR) is 52.7 cm³/mol. The molecule has 1 saturated heterocycles. The third-order valence-corrected chi connectivity index (χ3v) is 3.41. The van der Waals surface area contributed by atoms with Crippen LogP contribution in [0.5, 0.6) is 0 Å². The van der Waals surface area contributed by atoms with Crippen molar-refractivity contribution in [1.29, 1.82) is 0 Å². The number of nitrogens with one attached hydrogen (secondary N) is 1. The second-order valence-electron chi connectivity index (χ2n) is 4.60. The summed E-state index contributed by atoms with van der Waals surface area (Å²) in [6, 6.07) is 0.697. The quantitative estimate of drug-likeness (QED) is 0.655. The zero-order chi connectivity index (χ0) is 9.31. The second-order valence-corrected chi connectivity index (χ2v) is 4.60. The fraction of sp³-hybridized carbons (Fsp3) is 1.00. The zero-order valence-electron chi connectivity index (χ0n) is 8.42. The van der Waals surface area contributed by atoms with E-state index in [9.17, 15) is 5.11 Å². The standard InChI is InChI=1S/C10H20N2O/c1-12(9-2-6-11-8-9)7-5-10(13)3-4-10/h9,11,13H,2-8H2,1H3. The summed E-state index contributed by atoms with van der Waals surface area (Å²) in [5.41, 5.74) is -0.277. The van der Waals surface area contributed by atoms with Crippen molar-refractivity contribution in [3.05, 3.63) is 0 Å². The van der Waals surface area contributed by atoms with E-state index in [4.69, 9.17) is 0 Å². The zero-order valence-corrected chi connectivity index (χ0v) is 8.42. The molecule has 1 heterocycles. The molecule has 1 aliphatic carbocycles. The SMILES string of the molecule is CN(CCC1(O)CC1)C1CCNC1. The monoisotopic (exact) mass is 184 g/mol. The van der Waals surface area contributed by atoms with Crippen LogP contribution in [0.3, 0.4) is 0 Å². The molecule has 2 aliphatic rings. The molecule has 0 bridgehead atoms. The topological polar surface area (TPSA) is 35.5 Å². The minimum atomic E-state index is -0.277. The van der Waals surface area contributed by atoms with E-state index in [0.717, 1.165) is 38.9 Å². The Hall–Kier alpha value is -0.120. The Labute approximate surface area is 80.1 Å². The number of hydrogen-bond donors (Lipinski definition) is 2. The lowest BCUT2D eigenvalue weighted by Crippen LogP contribution is -2.35. The van der Waals surface area contributed by atoms with Crippen LogP contribution in [0.15, 0.2) is 0 Å². The molecule has 76 valence electrons. The summed E-state index contributed by atoms with van der Waals surface area (Å²) in [4.78, 5) is 2.39. The van der Waals surface area contributed by atoms with Gasteiger partial charge >= 0.3 is 0 Å². The molecular formula is C10H20N2O. The van der Waals surface area contributed by atoms with Gasteiger partial charge in [0, 0.05) is 19.1 Å². The van der Waals surface area contributed by atoms with Crippen LogP contribution >= 0.6 is 0 Å². The molecule has 1 aliphatic heterocycles. The lowest BCUT2D eigenvalue weighted by Gasteiger charge is -2.24. The number of likely N-dealkylation sites (N-methyl/N-ethyl adjacent to an activating group) is 1. The van der Waals surface area contributed by atoms with E-state index in [1.807, 2.05) is 0 Å². The molecule has 3 heteroatoms. The average Bonchev–Trinajstić information content (AvgIpc) is 2.69. The average molecular weight is 184 g/mol. The summed E-state index contributed by atoms with van der Waals surface area (Å²) in [5, 5.41) is 13.0. The fourth-order valence-corrected chi connectivity index (χ4v) is 1.98. The van der Waals surface area contributed by atoms with Crippen molar-refractivity contribution >= 4 is 0 Å². The molecule has 0 amide bonds. The smallest absolute Gasteiger partial charge is 0.0662 e.